The molecule has 4 N–H and O–H groups in total. The number of aromatic nitrogens is 2. The number of hydrogen-bond donors (Lipinski definition) is 4. The van der Waals surface area contributed by atoms with E-state index in [1.54, 1.807) is 6.20 Å². The summed E-state index contributed by atoms with van der Waals surface area (Å²) in [6.07, 6.45) is 10.3. The van der Waals surface area contributed by atoms with Crippen molar-refractivity contribution in [3.63, 3.8) is 0 Å². The molecule has 3 atom stereocenters. The van der Waals surface area contributed by atoms with Gasteiger partial charge in [0.05, 0.1) is 23.8 Å². The van der Waals surface area contributed by atoms with E-state index in [9.17, 15) is 9.90 Å². The number of carbonyl (C=O) groups excluding carboxylic acids is 1. The average molecular weight is 420 g/mol. The maximum absolute atomic E-state index is 12.3. The van der Waals surface area contributed by atoms with Crippen LogP contribution in [-0.4, -0.2) is 39.7 Å². The van der Waals surface area contributed by atoms with Crippen LogP contribution in [0.1, 0.15) is 56.6 Å². The van der Waals surface area contributed by atoms with Crippen molar-refractivity contribution >= 4 is 23.4 Å². The molecule has 1 aromatic heterocycles. The van der Waals surface area contributed by atoms with Crippen molar-refractivity contribution in [2.75, 3.05) is 22.5 Å². The number of aliphatic hydroxyl groups excluding tert-OH is 1. The standard InChI is InChI=1S/C24H29N5O2/c1-4-15-14-26-23(29-21(15)28-19-10-7-11-20(30)24(19,2)3)25-13-12-17-16-8-5-6-9-18(16)27-22(17)31/h1,5-6,8-9,14,17,19-20,30H,7,10-13H2,2-3H3,(H,27,31)(H2,25,26,28,29)/t17?,19-,20+/m1/s1. The third-order valence-electron chi connectivity index (χ3n) is 6.61. The molecule has 0 bridgehead atoms. The molecule has 31 heavy (non-hydrogen) atoms. The number of terminal acetylenes is 1. The number of anilines is 3. The number of hydrogen-bond acceptors (Lipinski definition) is 6. The van der Waals surface area contributed by atoms with Gasteiger partial charge in [0.15, 0.2) is 0 Å². The average Bonchev–Trinajstić information content (AvgIpc) is 3.07. The smallest absolute Gasteiger partial charge is 0.232 e. The molecule has 162 valence electrons. The molecule has 0 saturated heterocycles. The largest absolute Gasteiger partial charge is 0.392 e. The Kier molecular flexibility index (Phi) is 5.84. The number of para-hydroxylation sites is 1. The molecule has 0 spiro atoms. The highest BCUT2D eigenvalue weighted by Crippen LogP contribution is 2.38. The first-order valence-electron chi connectivity index (χ1n) is 10.8. The zero-order valence-corrected chi connectivity index (χ0v) is 18.0. The van der Waals surface area contributed by atoms with Gasteiger partial charge in [0, 0.05) is 23.7 Å². The Morgan fingerprint density at radius 3 is 2.94 bits per heavy atom. The van der Waals surface area contributed by atoms with Gasteiger partial charge in [-0.2, -0.15) is 4.98 Å². The Hall–Kier alpha value is -3.11. The van der Waals surface area contributed by atoms with E-state index < -0.39 is 0 Å². The molecule has 1 fully saturated rings. The second-order valence-electron chi connectivity index (χ2n) is 8.91. The topological polar surface area (TPSA) is 99.2 Å². The van der Waals surface area contributed by atoms with E-state index in [1.165, 1.54) is 0 Å². The first kappa shape index (κ1) is 21.1. The van der Waals surface area contributed by atoms with Gasteiger partial charge in [-0.25, -0.2) is 4.98 Å². The predicted molar refractivity (Wildman–Crippen MR) is 122 cm³/mol. The lowest BCUT2D eigenvalue weighted by Crippen LogP contribution is -2.48. The quantitative estimate of drug-likeness (QED) is 0.536. The monoisotopic (exact) mass is 419 g/mol. The van der Waals surface area contributed by atoms with Crippen molar-refractivity contribution in [3.8, 4) is 12.3 Å². The van der Waals surface area contributed by atoms with Crippen LogP contribution in [-0.2, 0) is 4.79 Å². The molecule has 4 rings (SSSR count). The maximum Gasteiger partial charge on any atom is 0.232 e. The Morgan fingerprint density at radius 2 is 2.13 bits per heavy atom. The lowest BCUT2D eigenvalue weighted by molar-refractivity contribution is -0.117. The third-order valence-corrected chi connectivity index (χ3v) is 6.61. The van der Waals surface area contributed by atoms with Crippen molar-refractivity contribution < 1.29 is 9.90 Å². The molecule has 1 amide bonds. The van der Waals surface area contributed by atoms with Gasteiger partial charge in [-0.05, 0) is 37.3 Å². The van der Waals surface area contributed by atoms with Crippen molar-refractivity contribution in [1.82, 2.24) is 9.97 Å². The van der Waals surface area contributed by atoms with E-state index in [1.807, 2.05) is 24.3 Å². The Morgan fingerprint density at radius 1 is 1.32 bits per heavy atom. The summed E-state index contributed by atoms with van der Waals surface area (Å²) >= 11 is 0. The van der Waals surface area contributed by atoms with Crippen molar-refractivity contribution in [2.24, 2.45) is 5.41 Å². The molecule has 1 aliphatic heterocycles. The summed E-state index contributed by atoms with van der Waals surface area (Å²) in [5, 5.41) is 20.0. The zero-order chi connectivity index (χ0) is 22.0. The third kappa shape index (κ3) is 4.21. The molecule has 7 nitrogen and oxygen atoms in total. The number of benzene rings is 1. The highest BCUT2D eigenvalue weighted by atomic mass is 16.3. The Bertz CT molecular complexity index is 1010. The minimum Gasteiger partial charge on any atom is -0.392 e. The summed E-state index contributed by atoms with van der Waals surface area (Å²) in [6.45, 7) is 4.68. The summed E-state index contributed by atoms with van der Waals surface area (Å²) in [4.78, 5) is 21.2. The summed E-state index contributed by atoms with van der Waals surface area (Å²) in [7, 11) is 0. The number of rotatable bonds is 6. The SMILES string of the molecule is C#Cc1cnc(NCCC2C(=O)Nc3ccccc32)nc1N[C@@H]1CCC[C@H](O)C1(C)C. The van der Waals surface area contributed by atoms with Gasteiger partial charge >= 0.3 is 0 Å². The minimum absolute atomic E-state index is 0.0204. The van der Waals surface area contributed by atoms with Gasteiger partial charge < -0.3 is 21.1 Å². The molecular formula is C24H29N5O2. The van der Waals surface area contributed by atoms with E-state index in [0.717, 1.165) is 30.5 Å². The molecule has 2 heterocycles. The van der Waals surface area contributed by atoms with Gasteiger partial charge in [-0.15, -0.1) is 6.42 Å². The van der Waals surface area contributed by atoms with E-state index in [0.29, 0.717) is 30.3 Å². The van der Waals surface area contributed by atoms with Crippen LogP contribution < -0.4 is 16.0 Å². The molecule has 1 aliphatic carbocycles. The highest BCUT2D eigenvalue weighted by Gasteiger charge is 2.39. The van der Waals surface area contributed by atoms with Crippen molar-refractivity contribution in [3.05, 3.63) is 41.6 Å². The van der Waals surface area contributed by atoms with Crippen LogP contribution in [0.2, 0.25) is 0 Å². The summed E-state index contributed by atoms with van der Waals surface area (Å²) in [6, 6.07) is 7.83. The van der Waals surface area contributed by atoms with Crippen LogP contribution in [0.3, 0.4) is 0 Å². The Labute approximate surface area is 183 Å². The Balaban J connectivity index is 1.43. The van der Waals surface area contributed by atoms with Gasteiger partial charge in [0.25, 0.3) is 0 Å². The molecule has 1 unspecified atom stereocenters. The predicted octanol–water partition coefficient (Wildman–Crippen LogP) is 3.35. The number of fused-ring (bicyclic) bond motifs is 1. The number of nitrogens with one attached hydrogen (secondary N) is 3. The molecule has 0 radical (unpaired) electrons. The summed E-state index contributed by atoms with van der Waals surface area (Å²) in [5.74, 6) is 3.53. The van der Waals surface area contributed by atoms with Crippen LogP contribution in [0, 0.1) is 17.8 Å². The van der Waals surface area contributed by atoms with Crippen LogP contribution in [0.25, 0.3) is 0 Å². The van der Waals surface area contributed by atoms with Crippen LogP contribution in [0.5, 0.6) is 0 Å². The van der Waals surface area contributed by atoms with E-state index >= 15 is 0 Å². The fourth-order valence-corrected chi connectivity index (χ4v) is 4.49. The van der Waals surface area contributed by atoms with Crippen molar-refractivity contribution in [1.29, 1.82) is 0 Å². The number of carbonyl (C=O) groups is 1. The lowest BCUT2D eigenvalue weighted by atomic mass is 9.71. The second kappa shape index (κ2) is 8.56. The normalized spacial score (nSPS) is 24.1. The van der Waals surface area contributed by atoms with E-state index in [4.69, 9.17) is 6.42 Å². The zero-order valence-electron chi connectivity index (χ0n) is 18.0. The van der Waals surface area contributed by atoms with E-state index in [-0.39, 0.29) is 29.4 Å². The molecule has 7 heteroatoms. The summed E-state index contributed by atoms with van der Waals surface area (Å²) in [5.41, 5.74) is 2.21. The summed E-state index contributed by atoms with van der Waals surface area (Å²) < 4.78 is 0. The fraction of sp³-hybridized carbons (Fsp3) is 0.458. The number of nitrogens with zero attached hydrogens (tertiary/aromatic N) is 2. The lowest BCUT2D eigenvalue weighted by Gasteiger charge is -2.43. The first-order valence-corrected chi connectivity index (χ1v) is 10.8. The highest BCUT2D eigenvalue weighted by molar-refractivity contribution is 6.02. The molecule has 2 aliphatic rings. The minimum atomic E-state index is -0.368. The van der Waals surface area contributed by atoms with Crippen LogP contribution in [0.15, 0.2) is 30.5 Å². The maximum atomic E-state index is 12.3. The molecular weight excluding hydrogens is 390 g/mol. The second-order valence-corrected chi connectivity index (χ2v) is 8.91. The van der Waals surface area contributed by atoms with Gasteiger partial charge in [-0.3, -0.25) is 4.79 Å². The van der Waals surface area contributed by atoms with Crippen molar-refractivity contribution in [2.45, 2.75) is 57.6 Å². The molecule has 1 aromatic carbocycles. The molecule has 2 aromatic rings. The fourth-order valence-electron chi connectivity index (χ4n) is 4.49. The van der Waals surface area contributed by atoms with Crippen LogP contribution in [0.4, 0.5) is 17.5 Å². The van der Waals surface area contributed by atoms with Gasteiger partial charge in [0.2, 0.25) is 11.9 Å². The number of amides is 1. The van der Waals surface area contributed by atoms with E-state index in [2.05, 4.69) is 45.7 Å². The molecule has 1 saturated carbocycles. The number of aliphatic hydroxyl groups is 1. The van der Waals surface area contributed by atoms with Gasteiger partial charge in [0.1, 0.15) is 5.82 Å². The van der Waals surface area contributed by atoms with Gasteiger partial charge in [-0.1, -0.05) is 38.0 Å². The first-order chi connectivity index (χ1) is 14.9. The van der Waals surface area contributed by atoms with Crippen LogP contribution >= 0.6 is 0 Å².